The third-order valence-corrected chi connectivity index (χ3v) is 7.99. The number of carbonyl (C=O) groups is 1. The van der Waals surface area contributed by atoms with Gasteiger partial charge in [-0.3, -0.25) is 4.31 Å². The minimum atomic E-state index is -3.61. The maximum Gasteiger partial charge on any atom is 0.412 e. The van der Waals surface area contributed by atoms with Gasteiger partial charge in [-0.25, -0.2) is 4.79 Å². The summed E-state index contributed by atoms with van der Waals surface area (Å²) in [7, 11) is -2.13. The monoisotopic (exact) mass is 519 g/mol. The first-order chi connectivity index (χ1) is 17.9. The van der Waals surface area contributed by atoms with Crippen molar-refractivity contribution in [3.8, 4) is 28.6 Å². The smallest absolute Gasteiger partial charge is 0.412 e. The second-order valence-corrected chi connectivity index (χ2v) is 10.7. The zero-order valence-electron chi connectivity index (χ0n) is 20.1. The van der Waals surface area contributed by atoms with E-state index in [1.165, 1.54) is 11.4 Å². The van der Waals surface area contributed by atoms with Crippen LogP contribution in [0.3, 0.4) is 0 Å². The standard InChI is InChI=1S/C27H25N3O6S/c1-28-27(31)36-26-22-15-21(17-7-8-17)23(30-14-13-29-37(30,32)33)16-24(22)35-25(26)18-9-11-20(12-10-18)34-19-5-3-2-4-6-19/h2-6,9-12,15-17,29H,7-8,13-14H2,1H3,(H,28,31). The molecule has 37 heavy (non-hydrogen) atoms. The van der Waals surface area contributed by atoms with Crippen LogP contribution >= 0.6 is 0 Å². The number of nitrogens with one attached hydrogen (secondary N) is 2. The van der Waals surface area contributed by atoms with Crippen LogP contribution in [0.5, 0.6) is 17.2 Å². The van der Waals surface area contributed by atoms with Crippen LogP contribution in [0.4, 0.5) is 10.5 Å². The van der Waals surface area contributed by atoms with Gasteiger partial charge < -0.3 is 19.2 Å². The lowest BCUT2D eigenvalue weighted by atomic mass is 10.0. The second-order valence-electron chi connectivity index (χ2n) is 8.99. The summed E-state index contributed by atoms with van der Waals surface area (Å²) in [6, 6.07) is 20.3. The van der Waals surface area contributed by atoms with Gasteiger partial charge in [0.2, 0.25) is 0 Å². The summed E-state index contributed by atoms with van der Waals surface area (Å²) < 4.78 is 47.0. The zero-order chi connectivity index (χ0) is 25.6. The fourth-order valence-corrected chi connectivity index (χ4v) is 5.78. The Morgan fingerprint density at radius 3 is 2.43 bits per heavy atom. The summed E-state index contributed by atoms with van der Waals surface area (Å²) in [6.45, 7) is 0.682. The van der Waals surface area contributed by atoms with Crippen molar-refractivity contribution in [2.24, 2.45) is 0 Å². The van der Waals surface area contributed by atoms with Crippen LogP contribution in [0.15, 0.2) is 71.1 Å². The van der Waals surface area contributed by atoms with Gasteiger partial charge in [-0.2, -0.15) is 13.1 Å². The molecule has 0 spiro atoms. The molecular formula is C27H25N3O6S. The van der Waals surface area contributed by atoms with Gasteiger partial charge in [0.05, 0.1) is 11.1 Å². The van der Waals surface area contributed by atoms with Crippen molar-refractivity contribution >= 4 is 33.0 Å². The lowest BCUT2D eigenvalue weighted by molar-refractivity contribution is 0.203. The first-order valence-corrected chi connectivity index (χ1v) is 13.5. The maximum absolute atomic E-state index is 12.6. The molecule has 1 aromatic heterocycles. The van der Waals surface area contributed by atoms with Crippen LogP contribution in [0, 0.1) is 0 Å². The molecule has 0 unspecified atom stereocenters. The van der Waals surface area contributed by atoms with Crippen LogP contribution in [-0.2, 0) is 10.2 Å². The second kappa shape index (κ2) is 9.13. The van der Waals surface area contributed by atoms with E-state index in [9.17, 15) is 13.2 Å². The molecule has 0 bridgehead atoms. The highest BCUT2D eigenvalue weighted by molar-refractivity contribution is 7.91. The third-order valence-electron chi connectivity index (χ3n) is 6.46. The molecule has 2 heterocycles. The Morgan fingerprint density at radius 1 is 1.05 bits per heavy atom. The van der Waals surface area contributed by atoms with Gasteiger partial charge in [0.15, 0.2) is 11.5 Å². The van der Waals surface area contributed by atoms with E-state index in [-0.39, 0.29) is 11.7 Å². The van der Waals surface area contributed by atoms with Crippen LogP contribution in [0.25, 0.3) is 22.3 Å². The third kappa shape index (κ3) is 4.49. The maximum atomic E-state index is 12.6. The molecule has 2 N–H and O–H groups in total. The number of anilines is 1. The largest absolute Gasteiger partial charge is 0.457 e. The van der Waals surface area contributed by atoms with E-state index in [4.69, 9.17) is 13.9 Å². The van der Waals surface area contributed by atoms with Crippen molar-refractivity contribution in [3.05, 3.63) is 72.3 Å². The number of amides is 1. The first kappa shape index (κ1) is 23.4. The summed E-state index contributed by atoms with van der Waals surface area (Å²) >= 11 is 0. The molecule has 1 aliphatic carbocycles. The molecule has 2 fully saturated rings. The van der Waals surface area contributed by atoms with Crippen molar-refractivity contribution in [3.63, 3.8) is 0 Å². The number of rotatable bonds is 6. The minimum Gasteiger partial charge on any atom is -0.457 e. The number of nitrogens with zero attached hydrogens (tertiary/aromatic N) is 1. The van der Waals surface area contributed by atoms with Crippen molar-refractivity contribution in [1.29, 1.82) is 0 Å². The van der Waals surface area contributed by atoms with Crippen molar-refractivity contribution in [2.75, 3.05) is 24.4 Å². The summed E-state index contributed by atoms with van der Waals surface area (Å²) in [5, 5.41) is 3.09. The summed E-state index contributed by atoms with van der Waals surface area (Å²) in [4.78, 5) is 12.3. The lowest BCUT2D eigenvalue weighted by Crippen LogP contribution is -2.30. The Hall–Kier alpha value is -4.02. The Labute approximate surface area is 214 Å². The Kier molecular flexibility index (Phi) is 5.77. The van der Waals surface area contributed by atoms with E-state index in [1.54, 1.807) is 6.07 Å². The normalized spacial score (nSPS) is 16.6. The van der Waals surface area contributed by atoms with Gasteiger partial charge in [-0.15, -0.1) is 0 Å². The van der Waals surface area contributed by atoms with Crippen molar-refractivity contribution in [2.45, 2.75) is 18.8 Å². The van der Waals surface area contributed by atoms with Gasteiger partial charge in [-0.1, -0.05) is 18.2 Å². The number of hydrogen-bond acceptors (Lipinski definition) is 6. The quantitative estimate of drug-likeness (QED) is 0.365. The fourth-order valence-electron chi connectivity index (χ4n) is 4.52. The van der Waals surface area contributed by atoms with Gasteiger partial charge in [-0.05, 0) is 66.8 Å². The van der Waals surface area contributed by atoms with E-state index in [0.717, 1.165) is 18.4 Å². The van der Waals surface area contributed by atoms with Gasteiger partial charge in [0, 0.05) is 31.8 Å². The molecule has 1 saturated heterocycles. The van der Waals surface area contributed by atoms with Crippen LogP contribution in [0.2, 0.25) is 0 Å². The number of furan rings is 1. The van der Waals surface area contributed by atoms with Crippen LogP contribution < -0.4 is 23.8 Å². The average molecular weight is 520 g/mol. The van der Waals surface area contributed by atoms with E-state index >= 15 is 0 Å². The molecule has 1 amide bonds. The molecule has 1 aliphatic heterocycles. The molecule has 4 aromatic rings. The zero-order valence-corrected chi connectivity index (χ0v) is 20.9. The van der Waals surface area contributed by atoms with E-state index in [2.05, 4.69) is 10.0 Å². The average Bonchev–Trinajstić information content (AvgIpc) is 3.61. The predicted molar refractivity (Wildman–Crippen MR) is 139 cm³/mol. The molecule has 0 radical (unpaired) electrons. The van der Waals surface area contributed by atoms with Gasteiger partial charge in [0.1, 0.15) is 17.1 Å². The predicted octanol–water partition coefficient (Wildman–Crippen LogP) is 5.14. The highest BCUT2D eigenvalue weighted by atomic mass is 32.2. The highest BCUT2D eigenvalue weighted by Gasteiger charge is 2.36. The SMILES string of the molecule is CNC(=O)Oc1c(-c2ccc(Oc3ccccc3)cc2)oc2cc(N3CCNS3(=O)=O)c(C3CC3)cc12. The number of fused-ring (bicyclic) bond motifs is 1. The van der Waals surface area contributed by atoms with Gasteiger partial charge in [0.25, 0.3) is 0 Å². The number of hydrogen-bond donors (Lipinski definition) is 2. The highest BCUT2D eigenvalue weighted by Crippen LogP contribution is 2.50. The Bertz CT molecular complexity index is 1580. The molecule has 2 aliphatic rings. The number of benzene rings is 3. The minimum absolute atomic E-state index is 0.246. The number of para-hydroxylation sites is 1. The van der Waals surface area contributed by atoms with Crippen LogP contribution in [0.1, 0.15) is 24.3 Å². The Morgan fingerprint density at radius 2 is 1.78 bits per heavy atom. The van der Waals surface area contributed by atoms with E-state index < -0.39 is 16.3 Å². The molecule has 3 aromatic carbocycles. The fraction of sp³-hybridized carbons (Fsp3) is 0.222. The molecule has 190 valence electrons. The molecule has 9 nitrogen and oxygen atoms in total. The number of ether oxygens (including phenoxy) is 2. The van der Waals surface area contributed by atoms with E-state index in [1.807, 2.05) is 60.7 Å². The number of carbonyl (C=O) groups excluding carboxylic acids is 1. The van der Waals surface area contributed by atoms with Crippen molar-refractivity contribution < 1.29 is 27.1 Å². The molecular weight excluding hydrogens is 494 g/mol. The molecule has 10 heteroatoms. The molecule has 0 atom stereocenters. The molecule has 1 saturated carbocycles. The molecule has 6 rings (SSSR count). The lowest BCUT2D eigenvalue weighted by Gasteiger charge is -2.19. The summed E-state index contributed by atoms with van der Waals surface area (Å²) in [5.74, 6) is 2.25. The first-order valence-electron chi connectivity index (χ1n) is 12.0. The van der Waals surface area contributed by atoms with Gasteiger partial charge >= 0.3 is 16.3 Å². The Balaban J connectivity index is 1.45. The summed E-state index contributed by atoms with van der Waals surface area (Å²) in [5.41, 5.74) is 2.61. The van der Waals surface area contributed by atoms with Crippen molar-refractivity contribution in [1.82, 2.24) is 10.0 Å². The summed E-state index contributed by atoms with van der Waals surface area (Å²) in [6.07, 6.45) is 1.31. The topological polar surface area (TPSA) is 110 Å². The van der Waals surface area contributed by atoms with Crippen LogP contribution in [-0.4, -0.2) is 34.6 Å². The van der Waals surface area contributed by atoms with E-state index in [0.29, 0.717) is 52.6 Å².